The lowest BCUT2D eigenvalue weighted by Crippen LogP contribution is -2.06. The molecule has 0 aliphatic heterocycles. The van der Waals surface area contributed by atoms with Gasteiger partial charge < -0.3 is 9.72 Å². The predicted molar refractivity (Wildman–Crippen MR) is 59.3 cm³/mol. The molecule has 92 valence electrons. The maximum absolute atomic E-state index is 12.8. The minimum atomic E-state index is -4.37. The lowest BCUT2D eigenvalue weighted by molar-refractivity contribution is -0.141. The highest BCUT2D eigenvalue weighted by Crippen LogP contribution is 2.38. The quantitative estimate of drug-likeness (QED) is 0.809. The zero-order valence-corrected chi connectivity index (χ0v) is 9.70. The summed E-state index contributed by atoms with van der Waals surface area (Å²) in [5.74, 6) is 0.421. The number of H-pyrrole nitrogens is 1. The summed E-state index contributed by atoms with van der Waals surface area (Å²) in [5.41, 5.74) is 0.700. The van der Waals surface area contributed by atoms with Gasteiger partial charge in [-0.2, -0.15) is 13.2 Å². The summed E-state index contributed by atoms with van der Waals surface area (Å²) in [6, 6.07) is 3.41. The molecule has 2 rings (SSSR count). The van der Waals surface area contributed by atoms with Gasteiger partial charge >= 0.3 is 6.18 Å². The van der Waals surface area contributed by atoms with E-state index in [2.05, 4.69) is 4.98 Å². The van der Waals surface area contributed by atoms with Crippen molar-refractivity contribution in [3.63, 3.8) is 0 Å². The van der Waals surface area contributed by atoms with Crippen LogP contribution in [0.2, 0.25) is 0 Å². The van der Waals surface area contributed by atoms with Crippen LogP contribution >= 0.6 is 0 Å². The molecule has 1 aromatic heterocycles. The average molecular weight is 243 g/mol. The van der Waals surface area contributed by atoms with Crippen LogP contribution in [0.5, 0.6) is 5.75 Å². The number of benzene rings is 1. The molecular formula is C12H12F3NO. The Morgan fingerprint density at radius 2 is 1.82 bits per heavy atom. The Balaban J connectivity index is 2.85. The molecule has 0 aliphatic carbocycles. The van der Waals surface area contributed by atoms with Crippen LogP contribution in [0.4, 0.5) is 13.2 Å². The summed E-state index contributed by atoms with van der Waals surface area (Å²) in [6.07, 6.45) is -4.37. The summed E-state index contributed by atoms with van der Waals surface area (Å²) in [7, 11) is 1.44. The number of rotatable bonds is 1. The summed E-state index contributed by atoms with van der Waals surface area (Å²) in [6.45, 7) is 3.25. The number of ether oxygens (including phenoxy) is 1. The lowest BCUT2D eigenvalue weighted by Gasteiger charge is -2.04. The molecule has 0 saturated heterocycles. The number of fused-ring (bicyclic) bond motifs is 1. The van der Waals surface area contributed by atoms with Crippen LogP contribution in [0, 0.1) is 13.8 Å². The summed E-state index contributed by atoms with van der Waals surface area (Å²) in [5, 5.41) is 0.580. The first-order chi connectivity index (χ1) is 7.86. The van der Waals surface area contributed by atoms with Crippen LogP contribution in [0.1, 0.15) is 16.8 Å². The van der Waals surface area contributed by atoms with Crippen molar-refractivity contribution in [1.82, 2.24) is 4.98 Å². The van der Waals surface area contributed by atoms with Gasteiger partial charge in [0.2, 0.25) is 0 Å². The Morgan fingerprint density at radius 1 is 1.18 bits per heavy atom. The van der Waals surface area contributed by atoms with Crippen molar-refractivity contribution in [3.8, 4) is 5.75 Å². The topological polar surface area (TPSA) is 25.0 Å². The van der Waals surface area contributed by atoms with Crippen molar-refractivity contribution in [3.05, 3.63) is 29.0 Å². The molecule has 0 spiro atoms. The summed E-state index contributed by atoms with van der Waals surface area (Å²) < 4.78 is 43.4. The van der Waals surface area contributed by atoms with Gasteiger partial charge in [-0.15, -0.1) is 0 Å². The Labute approximate surface area is 96.4 Å². The zero-order valence-electron chi connectivity index (χ0n) is 9.70. The molecule has 2 nitrogen and oxygen atoms in total. The second kappa shape index (κ2) is 3.68. The number of hydrogen-bond donors (Lipinski definition) is 1. The lowest BCUT2D eigenvalue weighted by atomic mass is 10.1. The standard InChI is InChI=1S/C12H12F3NO/c1-6-4-5-8(17-3)10-9(6)7(2)11(16-10)12(13,14)15/h4-5,16H,1-3H3. The fourth-order valence-corrected chi connectivity index (χ4v) is 2.09. The van der Waals surface area contributed by atoms with Crippen molar-refractivity contribution < 1.29 is 17.9 Å². The molecule has 1 N–H and O–H groups in total. The van der Waals surface area contributed by atoms with E-state index in [0.717, 1.165) is 5.56 Å². The Hall–Kier alpha value is -1.65. The highest BCUT2D eigenvalue weighted by atomic mass is 19.4. The number of aromatic nitrogens is 1. The maximum atomic E-state index is 12.8. The fourth-order valence-electron chi connectivity index (χ4n) is 2.09. The molecule has 0 bridgehead atoms. The number of halogens is 3. The van der Waals surface area contributed by atoms with Crippen molar-refractivity contribution in [2.24, 2.45) is 0 Å². The first-order valence-corrected chi connectivity index (χ1v) is 5.09. The van der Waals surface area contributed by atoms with Crippen LogP contribution in [0.15, 0.2) is 12.1 Å². The minimum absolute atomic E-state index is 0.212. The van der Waals surface area contributed by atoms with E-state index in [0.29, 0.717) is 16.7 Å². The molecule has 2 aromatic rings. The van der Waals surface area contributed by atoms with E-state index in [1.165, 1.54) is 14.0 Å². The number of aryl methyl sites for hydroxylation is 2. The van der Waals surface area contributed by atoms with Crippen molar-refractivity contribution in [1.29, 1.82) is 0 Å². The molecule has 0 atom stereocenters. The molecule has 5 heteroatoms. The molecule has 0 radical (unpaired) electrons. The zero-order chi connectivity index (χ0) is 12.8. The van der Waals surface area contributed by atoms with Gasteiger partial charge in [0.25, 0.3) is 0 Å². The van der Waals surface area contributed by atoms with Gasteiger partial charge in [0.1, 0.15) is 11.4 Å². The van der Waals surface area contributed by atoms with Crippen molar-refractivity contribution in [2.45, 2.75) is 20.0 Å². The van der Waals surface area contributed by atoms with Crippen molar-refractivity contribution in [2.75, 3.05) is 7.11 Å². The third-order valence-electron chi connectivity index (χ3n) is 2.88. The average Bonchev–Trinajstić information content (AvgIpc) is 2.58. The largest absolute Gasteiger partial charge is 0.495 e. The molecule has 17 heavy (non-hydrogen) atoms. The number of hydrogen-bond acceptors (Lipinski definition) is 1. The predicted octanol–water partition coefficient (Wildman–Crippen LogP) is 3.81. The molecule has 0 fully saturated rings. The Bertz CT molecular complexity index is 569. The third kappa shape index (κ3) is 1.75. The molecule has 1 heterocycles. The van der Waals surface area contributed by atoms with Crippen LogP contribution in [-0.4, -0.2) is 12.1 Å². The monoisotopic (exact) mass is 243 g/mol. The summed E-state index contributed by atoms with van der Waals surface area (Å²) >= 11 is 0. The van der Waals surface area contributed by atoms with Gasteiger partial charge in [0.05, 0.1) is 12.6 Å². The van der Waals surface area contributed by atoms with Gasteiger partial charge in [-0.25, -0.2) is 0 Å². The molecule has 0 aliphatic rings. The summed E-state index contributed by atoms with van der Waals surface area (Å²) in [4.78, 5) is 2.41. The maximum Gasteiger partial charge on any atom is 0.431 e. The second-order valence-corrected chi connectivity index (χ2v) is 3.96. The first-order valence-electron chi connectivity index (χ1n) is 5.09. The third-order valence-corrected chi connectivity index (χ3v) is 2.88. The fraction of sp³-hybridized carbons (Fsp3) is 0.333. The highest BCUT2D eigenvalue weighted by molar-refractivity contribution is 5.92. The van der Waals surface area contributed by atoms with Crippen LogP contribution < -0.4 is 4.74 Å². The molecule has 0 unspecified atom stereocenters. The van der Waals surface area contributed by atoms with E-state index in [1.54, 1.807) is 19.1 Å². The second-order valence-electron chi connectivity index (χ2n) is 3.96. The molecular weight excluding hydrogens is 231 g/mol. The SMILES string of the molecule is COc1ccc(C)c2c(C)c(C(F)(F)F)[nH]c12. The number of aromatic amines is 1. The number of alkyl halides is 3. The highest BCUT2D eigenvalue weighted by Gasteiger charge is 2.35. The van der Waals surface area contributed by atoms with E-state index in [1.807, 2.05) is 0 Å². The van der Waals surface area contributed by atoms with Crippen LogP contribution in [-0.2, 0) is 6.18 Å². The van der Waals surface area contributed by atoms with E-state index in [-0.39, 0.29) is 5.56 Å². The van der Waals surface area contributed by atoms with Gasteiger partial charge in [-0.1, -0.05) is 6.07 Å². The number of nitrogens with one attached hydrogen (secondary N) is 1. The molecule has 0 saturated carbocycles. The Kier molecular flexibility index (Phi) is 2.56. The van der Waals surface area contributed by atoms with Crippen molar-refractivity contribution >= 4 is 10.9 Å². The molecule has 0 amide bonds. The molecule has 1 aromatic carbocycles. The van der Waals surface area contributed by atoms with Gasteiger partial charge in [0.15, 0.2) is 0 Å². The smallest absolute Gasteiger partial charge is 0.431 e. The van der Waals surface area contributed by atoms with Gasteiger partial charge in [-0.05, 0) is 31.0 Å². The minimum Gasteiger partial charge on any atom is -0.495 e. The van der Waals surface area contributed by atoms with E-state index in [4.69, 9.17) is 4.74 Å². The van der Waals surface area contributed by atoms with Gasteiger partial charge in [-0.3, -0.25) is 0 Å². The Morgan fingerprint density at radius 3 is 2.35 bits per heavy atom. The van der Waals surface area contributed by atoms with Crippen LogP contribution in [0.3, 0.4) is 0 Å². The van der Waals surface area contributed by atoms with E-state index in [9.17, 15) is 13.2 Å². The van der Waals surface area contributed by atoms with Gasteiger partial charge in [0, 0.05) is 5.39 Å². The number of methoxy groups -OCH3 is 1. The van der Waals surface area contributed by atoms with E-state index >= 15 is 0 Å². The van der Waals surface area contributed by atoms with Crippen LogP contribution in [0.25, 0.3) is 10.9 Å². The normalized spacial score (nSPS) is 12.1. The van der Waals surface area contributed by atoms with E-state index < -0.39 is 11.9 Å². The first kappa shape index (κ1) is 11.8.